The maximum atomic E-state index is 14.1. The van der Waals surface area contributed by atoms with Gasteiger partial charge in [0.2, 0.25) is 0 Å². The second kappa shape index (κ2) is 12.9. The quantitative estimate of drug-likeness (QED) is 0.133. The highest BCUT2D eigenvalue weighted by molar-refractivity contribution is 6.20. The summed E-state index contributed by atoms with van der Waals surface area (Å²) in [6.07, 6.45) is 3.60. The first-order valence-corrected chi connectivity index (χ1v) is 15.0. The number of hydrogen-bond donors (Lipinski definition) is 0. The van der Waals surface area contributed by atoms with Gasteiger partial charge in [0, 0.05) is 22.9 Å². The fourth-order valence-electron chi connectivity index (χ4n) is 5.61. The maximum absolute atomic E-state index is 14.1. The third kappa shape index (κ3) is 5.89. The number of imide groups is 1. The molecule has 0 spiro atoms. The molecule has 0 N–H and O–H groups in total. The van der Waals surface area contributed by atoms with Crippen LogP contribution in [-0.2, 0) is 16.2 Å². The van der Waals surface area contributed by atoms with Gasteiger partial charge in [0.05, 0.1) is 17.4 Å². The molecule has 0 bridgehead atoms. The van der Waals surface area contributed by atoms with E-state index in [1.807, 2.05) is 122 Å². The van der Waals surface area contributed by atoms with Gasteiger partial charge in [0.1, 0.15) is 24.0 Å². The van der Waals surface area contributed by atoms with Crippen molar-refractivity contribution in [3.05, 3.63) is 154 Å². The number of amides is 2. The molecule has 1 unspecified atom stereocenters. The van der Waals surface area contributed by atoms with Gasteiger partial charge in [-0.15, -0.1) is 0 Å². The summed E-state index contributed by atoms with van der Waals surface area (Å²) in [4.78, 5) is 28.7. The number of nitrogens with zero attached hydrogens (tertiary/aromatic N) is 4. The average molecular weight is 605 g/mol. The lowest BCUT2D eigenvalue weighted by Crippen LogP contribution is -2.44. The van der Waals surface area contributed by atoms with Crippen LogP contribution in [0.3, 0.4) is 0 Å². The fourth-order valence-corrected chi connectivity index (χ4v) is 5.61. The topological polar surface area (TPSA) is 88.2 Å². The number of rotatable bonds is 8. The second-order valence-electron chi connectivity index (χ2n) is 11.2. The van der Waals surface area contributed by atoms with Gasteiger partial charge < -0.3 is 4.74 Å². The minimum absolute atomic E-state index is 0.0543. The number of nitriles is 1. The smallest absolute Gasteiger partial charge is 0.272 e. The first kappa shape index (κ1) is 30.0. The van der Waals surface area contributed by atoms with E-state index in [0.717, 1.165) is 33.7 Å². The molecule has 1 aliphatic rings. The van der Waals surface area contributed by atoms with E-state index in [-0.39, 0.29) is 11.1 Å². The highest BCUT2D eigenvalue weighted by atomic mass is 16.5. The summed E-state index contributed by atoms with van der Waals surface area (Å²) in [7, 11) is 0. The van der Waals surface area contributed by atoms with Crippen LogP contribution in [0.15, 0.2) is 132 Å². The Hall–Kier alpha value is -6.00. The lowest BCUT2D eigenvalue weighted by molar-refractivity contribution is -0.143. The molecule has 7 heteroatoms. The zero-order chi connectivity index (χ0) is 32.2. The minimum atomic E-state index is -0.597. The zero-order valence-corrected chi connectivity index (χ0v) is 25.8. The van der Waals surface area contributed by atoms with E-state index >= 15 is 0 Å². The van der Waals surface area contributed by atoms with Crippen LogP contribution < -0.4 is 4.74 Å². The SMILES string of the molecule is CC1=C(C#N)C(=O)N(C(C)c2ccccc2)C(=O)/C1=C/c1cn(-c2ccccc2)nc1-c1ccc(OCc2ccccc2)c(C)c1. The molecule has 2 heterocycles. The summed E-state index contributed by atoms with van der Waals surface area (Å²) >= 11 is 0. The highest BCUT2D eigenvalue weighted by Crippen LogP contribution is 2.35. The van der Waals surface area contributed by atoms with E-state index in [0.29, 0.717) is 23.4 Å². The minimum Gasteiger partial charge on any atom is -0.489 e. The van der Waals surface area contributed by atoms with Crippen molar-refractivity contribution in [1.82, 2.24) is 14.7 Å². The Bertz CT molecular complexity index is 2020. The molecule has 1 aliphatic heterocycles. The molecule has 6 rings (SSSR count). The molecule has 1 aromatic heterocycles. The van der Waals surface area contributed by atoms with E-state index < -0.39 is 17.9 Å². The van der Waals surface area contributed by atoms with Gasteiger partial charge in [-0.3, -0.25) is 14.5 Å². The number of carbonyl (C=O) groups excluding carboxylic acids is 2. The molecule has 4 aromatic carbocycles. The summed E-state index contributed by atoms with van der Waals surface area (Å²) in [6, 6.07) is 36.4. The molecule has 7 nitrogen and oxygen atoms in total. The average Bonchev–Trinajstić information content (AvgIpc) is 3.51. The Morgan fingerprint density at radius 3 is 2.17 bits per heavy atom. The molecular formula is C39H32N4O3. The molecule has 2 amide bonds. The van der Waals surface area contributed by atoms with Crippen molar-refractivity contribution in [2.75, 3.05) is 0 Å². The van der Waals surface area contributed by atoms with Crippen LogP contribution in [0.5, 0.6) is 5.75 Å². The maximum Gasteiger partial charge on any atom is 0.272 e. The van der Waals surface area contributed by atoms with Crippen LogP contribution in [-0.4, -0.2) is 26.5 Å². The van der Waals surface area contributed by atoms with Crippen molar-refractivity contribution in [1.29, 1.82) is 5.26 Å². The Morgan fingerprint density at radius 2 is 1.52 bits per heavy atom. The molecule has 0 fully saturated rings. The summed E-state index contributed by atoms with van der Waals surface area (Å²) in [5.41, 5.74) is 6.37. The lowest BCUT2D eigenvalue weighted by atomic mass is 9.91. The predicted octanol–water partition coefficient (Wildman–Crippen LogP) is 7.78. The van der Waals surface area contributed by atoms with Crippen molar-refractivity contribution >= 4 is 17.9 Å². The van der Waals surface area contributed by atoms with E-state index in [1.54, 1.807) is 24.6 Å². The van der Waals surface area contributed by atoms with Crippen molar-refractivity contribution in [2.24, 2.45) is 0 Å². The summed E-state index contributed by atoms with van der Waals surface area (Å²) in [5, 5.41) is 15.0. The first-order chi connectivity index (χ1) is 22.4. The molecule has 5 aromatic rings. The van der Waals surface area contributed by atoms with Gasteiger partial charge >= 0.3 is 0 Å². The van der Waals surface area contributed by atoms with Crippen molar-refractivity contribution < 1.29 is 14.3 Å². The Balaban J connectivity index is 1.43. The zero-order valence-electron chi connectivity index (χ0n) is 25.8. The van der Waals surface area contributed by atoms with Crippen LogP contribution in [0.25, 0.3) is 23.0 Å². The standard InChI is InChI=1S/C39H32N4O3/c1-26-21-31(19-20-36(26)46-25-29-13-7-4-8-14-29)37-32(24-42(41-37)33-17-11-6-12-18-33)22-34-27(2)35(23-40)39(45)43(38(34)44)28(3)30-15-9-5-10-16-30/h4-22,24,28H,25H2,1-3H3/b34-22+. The Labute approximate surface area is 268 Å². The number of aromatic nitrogens is 2. The molecule has 0 saturated carbocycles. The first-order valence-electron chi connectivity index (χ1n) is 15.0. The molecule has 226 valence electrons. The van der Waals surface area contributed by atoms with Gasteiger partial charge in [0.15, 0.2) is 0 Å². The molecule has 1 atom stereocenters. The lowest BCUT2D eigenvalue weighted by Gasteiger charge is -2.32. The van der Waals surface area contributed by atoms with Crippen molar-refractivity contribution in [2.45, 2.75) is 33.4 Å². The molecule has 0 radical (unpaired) electrons. The van der Waals surface area contributed by atoms with Crippen LogP contribution in [0, 0.1) is 18.3 Å². The second-order valence-corrected chi connectivity index (χ2v) is 11.2. The number of ether oxygens (including phenoxy) is 1. The third-order valence-electron chi connectivity index (χ3n) is 8.19. The summed E-state index contributed by atoms with van der Waals surface area (Å²) < 4.78 is 7.88. The van der Waals surface area contributed by atoms with Gasteiger partial charge in [-0.1, -0.05) is 78.9 Å². The summed E-state index contributed by atoms with van der Waals surface area (Å²) in [5.74, 6) is -0.295. The number of benzene rings is 4. The Morgan fingerprint density at radius 1 is 0.870 bits per heavy atom. The number of aryl methyl sites for hydroxylation is 1. The largest absolute Gasteiger partial charge is 0.489 e. The molecule has 0 aliphatic carbocycles. The van der Waals surface area contributed by atoms with E-state index in [4.69, 9.17) is 9.84 Å². The van der Waals surface area contributed by atoms with Crippen molar-refractivity contribution in [3.63, 3.8) is 0 Å². The normalized spacial score (nSPS) is 14.8. The van der Waals surface area contributed by atoms with Crippen LogP contribution >= 0.6 is 0 Å². The van der Waals surface area contributed by atoms with E-state index in [9.17, 15) is 14.9 Å². The number of carbonyl (C=O) groups is 2. The van der Waals surface area contributed by atoms with Crippen LogP contribution in [0.1, 0.15) is 42.1 Å². The monoisotopic (exact) mass is 604 g/mol. The highest BCUT2D eigenvalue weighted by Gasteiger charge is 2.39. The summed E-state index contributed by atoms with van der Waals surface area (Å²) in [6.45, 7) is 5.88. The third-order valence-corrected chi connectivity index (χ3v) is 8.19. The van der Waals surface area contributed by atoms with E-state index in [2.05, 4.69) is 6.07 Å². The van der Waals surface area contributed by atoms with Gasteiger partial charge in [0.25, 0.3) is 11.8 Å². The fraction of sp³-hybridized carbons (Fsp3) is 0.128. The predicted molar refractivity (Wildman–Crippen MR) is 178 cm³/mol. The molecule has 46 heavy (non-hydrogen) atoms. The molecule has 0 saturated heterocycles. The van der Waals surface area contributed by atoms with Gasteiger partial charge in [-0.2, -0.15) is 10.4 Å². The van der Waals surface area contributed by atoms with Crippen molar-refractivity contribution in [3.8, 4) is 28.8 Å². The van der Waals surface area contributed by atoms with Gasteiger partial charge in [-0.25, -0.2) is 4.68 Å². The van der Waals surface area contributed by atoms with Crippen LogP contribution in [0.4, 0.5) is 0 Å². The number of para-hydroxylation sites is 1. The van der Waals surface area contributed by atoms with E-state index in [1.165, 1.54) is 4.90 Å². The van der Waals surface area contributed by atoms with Crippen LogP contribution in [0.2, 0.25) is 0 Å². The number of hydrogen-bond acceptors (Lipinski definition) is 5. The van der Waals surface area contributed by atoms with Gasteiger partial charge in [-0.05, 0) is 79.4 Å². The Kier molecular flexibility index (Phi) is 8.44. The molecular weight excluding hydrogens is 572 g/mol.